The molecule has 1 saturated heterocycles. The van der Waals surface area contributed by atoms with E-state index in [4.69, 9.17) is 4.74 Å². The van der Waals surface area contributed by atoms with Crippen molar-refractivity contribution in [2.75, 3.05) is 38.2 Å². The number of hydrogen-bond acceptors (Lipinski definition) is 3. The Kier molecular flexibility index (Phi) is 4.43. The fraction of sp³-hybridized carbons (Fsp3) is 0.533. The average Bonchev–Trinajstić information content (AvgIpc) is 2.46. The van der Waals surface area contributed by atoms with Crippen molar-refractivity contribution in [3.63, 3.8) is 0 Å². The third-order valence-corrected chi connectivity index (χ3v) is 3.69. The molecule has 2 rings (SSSR count). The maximum atomic E-state index is 12.0. The van der Waals surface area contributed by atoms with Crippen molar-refractivity contribution < 1.29 is 9.53 Å². The fourth-order valence-electron chi connectivity index (χ4n) is 2.30. The Morgan fingerprint density at radius 1 is 1.16 bits per heavy atom. The number of ether oxygens (including phenoxy) is 1. The predicted octanol–water partition coefficient (Wildman–Crippen LogP) is 1.68. The molecule has 1 aromatic carbocycles. The summed E-state index contributed by atoms with van der Waals surface area (Å²) >= 11 is 0. The van der Waals surface area contributed by atoms with Crippen LogP contribution in [0, 0.1) is 6.92 Å². The van der Waals surface area contributed by atoms with Gasteiger partial charge >= 0.3 is 0 Å². The zero-order valence-corrected chi connectivity index (χ0v) is 11.9. The minimum atomic E-state index is -0.342. The average molecular weight is 262 g/mol. The van der Waals surface area contributed by atoms with Crippen LogP contribution in [0.25, 0.3) is 0 Å². The van der Waals surface area contributed by atoms with Crippen LogP contribution < -0.4 is 4.90 Å². The van der Waals surface area contributed by atoms with Gasteiger partial charge in [0.25, 0.3) is 5.91 Å². The van der Waals surface area contributed by atoms with Crippen LogP contribution in [0.1, 0.15) is 12.5 Å². The van der Waals surface area contributed by atoms with Crippen molar-refractivity contribution in [2.24, 2.45) is 0 Å². The molecule has 19 heavy (non-hydrogen) atoms. The zero-order valence-electron chi connectivity index (χ0n) is 11.9. The van der Waals surface area contributed by atoms with E-state index in [1.165, 1.54) is 11.3 Å². The summed E-state index contributed by atoms with van der Waals surface area (Å²) in [5.41, 5.74) is 2.50. The molecule has 4 heteroatoms. The minimum Gasteiger partial charge on any atom is -0.372 e. The van der Waals surface area contributed by atoms with Gasteiger partial charge in [0.05, 0.1) is 0 Å². The van der Waals surface area contributed by atoms with E-state index in [1.807, 2.05) is 4.90 Å². The number of amides is 1. The number of rotatable bonds is 3. The molecule has 0 N–H and O–H groups in total. The number of anilines is 1. The van der Waals surface area contributed by atoms with Gasteiger partial charge in [0, 0.05) is 39.0 Å². The SMILES string of the molecule is COC(C)C(=O)N1CCN(c2ccc(C)cc2)CC1. The van der Waals surface area contributed by atoms with Crippen molar-refractivity contribution in [2.45, 2.75) is 20.0 Å². The van der Waals surface area contributed by atoms with Gasteiger partial charge in [0.1, 0.15) is 6.10 Å². The van der Waals surface area contributed by atoms with E-state index < -0.39 is 0 Å². The minimum absolute atomic E-state index is 0.0889. The lowest BCUT2D eigenvalue weighted by atomic mass is 10.2. The second-order valence-electron chi connectivity index (χ2n) is 5.03. The molecule has 104 valence electrons. The molecular formula is C15H22N2O2. The van der Waals surface area contributed by atoms with Crippen molar-refractivity contribution in [1.82, 2.24) is 4.90 Å². The molecule has 0 saturated carbocycles. The Balaban J connectivity index is 1.92. The molecule has 1 aliphatic rings. The molecule has 1 atom stereocenters. The van der Waals surface area contributed by atoms with Gasteiger partial charge < -0.3 is 14.5 Å². The second-order valence-corrected chi connectivity index (χ2v) is 5.03. The number of benzene rings is 1. The number of nitrogens with zero attached hydrogens (tertiary/aromatic N) is 2. The highest BCUT2D eigenvalue weighted by molar-refractivity contribution is 5.80. The van der Waals surface area contributed by atoms with Crippen LogP contribution in [0.2, 0.25) is 0 Å². The maximum absolute atomic E-state index is 12.0. The second kappa shape index (κ2) is 6.06. The van der Waals surface area contributed by atoms with Crippen molar-refractivity contribution in [3.8, 4) is 0 Å². The number of methoxy groups -OCH3 is 1. The molecule has 1 heterocycles. The molecule has 1 fully saturated rings. The highest BCUT2D eigenvalue weighted by Crippen LogP contribution is 2.17. The number of carbonyl (C=O) groups is 1. The summed E-state index contributed by atoms with van der Waals surface area (Å²) in [5.74, 6) is 0.0889. The van der Waals surface area contributed by atoms with Crippen LogP contribution in [-0.2, 0) is 9.53 Å². The number of hydrogen-bond donors (Lipinski definition) is 0. The van der Waals surface area contributed by atoms with Crippen LogP contribution in [0.4, 0.5) is 5.69 Å². The molecule has 0 bridgehead atoms. The monoisotopic (exact) mass is 262 g/mol. The summed E-state index contributed by atoms with van der Waals surface area (Å²) in [4.78, 5) is 16.2. The van der Waals surface area contributed by atoms with E-state index >= 15 is 0 Å². The van der Waals surface area contributed by atoms with Crippen LogP contribution >= 0.6 is 0 Å². The molecule has 0 radical (unpaired) electrons. The lowest BCUT2D eigenvalue weighted by molar-refractivity contribution is -0.141. The first-order valence-corrected chi connectivity index (χ1v) is 6.75. The first-order chi connectivity index (χ1) is 9.11. The van der Waals surface area contributed by atoms with Crippen LogP contribution in [0.15, 0.2) is 24.3 Å². The fourth-order valence-corrected chi connectivity index (χ4v) is 2.30. The van der Waals surface area contributed by atoms with E-state index in [2.05, 4.69) is 36.1 Å². The van der Waals surface area contributed by atoms with Crippen molar-refractivity contribution >= 4 is 11.6 Å². The van der Waals surface area contributed by atoms with Crippen LogP contribution in [0.3, 0.4) is 0 Å². The normalized spacial score (nSPS) is 17.4. The zero-order chi connectivity index (χ0) is 13.8. The Bertz CT molecular complexity index is 422. The molecular weight excluding hydrogens is 240 g/mol. The molecule has 0 aromatic heterocycles. The highest BCUT2D eigenvalue weighted by atomic mass is 16.5. The summed E-state index contributed by atoms with van der Waals surface area (Å²) in [7, 11) is 1.57. The predicted molar refractivity (Wildman–Crippen MR) is 76.4 cm³/mol. The standard InChI is InChI=1S/C15H22N2O2/c1-12-4-6-14(7-5-12)16-8-10-17(11-9-16)15(18)13(2)19-3/h4-7,13H,8-11H2,1-3H3. The van der Waals surface area contributed by atoms with E-state index in [1.54, 1.807) is 14.0 Å². The van der Waals surface area contributed by atoms with E-state index in [0.29, 0.717) is 0 Å². The summed E-state index contributed by atoms with van der Waals surface area (Å²) in [6, 6.07) is 8.54. The third-order valence-electron chi connectivity index (χ3n) is 3.69. The molecule has 1 unspecified atom stereocenters. The van der Waals surface area contributed by atoms with E-state index in [-0.39, 0.29) is 12.0 Å². The topological polar surface area (TPSA) is 32.8 Å². The summed E-state index contributed by atoms with van der Waals surface area (Å²) in [5, 5.41) is 0. The lowest BCUT2D eigenvalue weighted by Crippen LogP contribution is -2.51. The highest BCUT2D eigenvalue weighted by Gasteiger charge is 2.24. The summed E-state index contributed by atoms with van der Waals surface area (Å²) < 4.78 is 5.09. The third kappa shape index (κ3) is 3.26. The summed E-state index contributed by atoms with van der Waals surface area (Å²) in [6.45, 7) is 7.18. The first-order valence-electron chi connectivity index (χ1n) is 6.75. The van der Waals surface area contributed by atoms with Gasteiger partial charge in [-0.05, 0) is 26.0 Å². The van der Waals surface area contributed by atoms with Gasteiger partial charge in [-0.3, -0.25) is 4.79 Å². The van der Waals surface area contributed by atoms with Crippen molar-refractivity contribution in [1.29, 1.82) is 0 Å². The quantitative estimate of drug-likeness (QED) is 0.831. The van der Waals surface area contributed by atoms with Crippen molar-refractivity contribution in [3.05, 3.63) is 29.8 Å². The Morgan fingerprint density at radius 3 is 2.26 bits per heavy atom. The van der Waals surface area contributed by atoms with Crippen LogP contribution in [-0.4, -0.2) is 50.2 Å². The molecule has 1 amide bonds. The molecule has 1 aromatic rings. The molecule has 0 spiro atoms. The van der Waals surface area contributed by atoms with Gasteiger partial charge in [0.2, 0.25) is 0 Å². The Morgan fingerprint density at radius 2 is 1.74 bits per heavy atom. The number of aryl methyl sites for hydroxylation is 1. The van der Waals surface area contributed by atoms with Crippen LogP contribution in [0.5, 0.6) is 0 Å². The number of carbonyl (C=O) groups excluding carboxylic acids is 1. The van der Waals surface area contributed by atoms with E-state index in [9.17, 15) is 4.79 Å². The van der Waals surface area contributed by atoms with Gasteiger partial charge in [-0.25, -0.2) is 0 Å². The lowest BCUT2D eigenvalue weighted by Gasteiger charge is -2.37. The molecule has 0 aliphatic carbocycles. The maximum Gasteiger partial charge on any atom is 0.251 e. The first kappa shape index (κ1) is 13.9. The van der Waals surface area contributed by atoms with Gasteiger partial charge in [0.15, 0.2) is 0 Å². The number of piperazine rings is 1. The largest absolute Gasteiger partial charge is 0.372 e. The Labute approximate surface area is 115 Å². The molecule has 4 nitrogen and oxygen atoms in total. The van der Waals surface area contributed by atoms with E-state index in [0.717, 1.165) is 26.2 Å². The van der Waals surface area contributed by atoms with Gasteiger partial charge in [-0.2, -0.15) is 0 Å². The summed E-state index contributed by atoms with van der Waals surface area (Å²) in [6.07, 6.45) is -0.342. The van der Waals surface area contributed by atoms with Gasteiger partial charge in [-0.15, -0.1) is 0 Å². The van der Waals surface area contributed by atoms with Gasteiger partial charge in [-0.1, -0.05) is 17.7 Å². The smallest absolute Gasteiger partial charge is 0.251 e. The Hall–Kier alpha value is -1.55. The molecule has 1 aliphatic heterocycles.